The molecule has 2 rings (SSSR count). The zero-order chi connectivity index (χ0) is 13.8. The highest BCUT2D eigenvalue weighted by Crippen LogP contribution is 2.27. The van der Waals surface area contributed by atoms with E-state index in [1.165, 1.54) is 6.92 Å². The van der Waals surface area contributed by atoms with Gasteiger partial charge >= 0.3 is 5.97 Å². The van der Waals surface area contributed by atoms with Gasteiger partial charge in [-0.25, -0.2) is 0 Å². The molecule has 4 nitrogen and oxygen atoms in total. The zero-order valence-corrected chi connectivity index (χ0v) is 11.0. The van der Waals surface area contributed by atoms with Crippen molar-refractivity contribution in [2.45, 2.75) is 13.8 Å². The highest BCUT2D eigenvalue weighted by atomic mass is 16.5. The molecule has 1 aliphatic heterocycles. The number of aldehydes is 1. The van der Waals surface area contributed by atoms with E-state index in [0.29, 0.717) is 12.1 Å². The second kappa shape index (κ2) is 5.61. The Morgan fingerprint density at radius 3 is 2.84 bits per heavy atom. The summed E-state index contributed by atoms with van der Waals surface area (Å²) in [5.41, 5.74) is 4.19. The average Bonchev–Trinajstić information content (AvgIpc) is 2.77. The van der Waals surface area contributed by atoms with Gasteiger partial charge in [-0.1, -0.05) is 24.3 Å². The summed E-state index contributed by atoms with van der Waals surface area (Å²) in [4.78, 5) is 26.4. The summed E-state index contributed by atoms with van der Waals surface area (Å²) in [5.74, 6) is -0.338. The molecule has 0 saturated heterocycles. The van der Waals surface area contributed by atoms with Gasteiger partial charge in [0, 0.05) is 18.1 Å². The molecule has 1 aromatic carbocycles. The molecule has 19 heavy (non-hydrogen) atoms. The predicted molar refractivity (Wildman–Crippen MR) is 73.4 cm³/mol. The molecule has 0 N–H and O–H groups in total. The van der Waals surface area contributed by atoms with Crippen molar-refractivity contribution in [3.8, 4) is 0 Å². The third-order valence-electron chi connectivity index (χ3n) is 2.99. The van der Waals surface area contributed by atoms with Crippen LogP contribution in [0.3, 0.4) is 0 Å². The number of hydrogen-bond acceptors (Lipinski definition) is 4. The van der Waals surface area contributed by atoms with E-state index in [4.69, 9.17) is 4.74 Å². The van der Waals surface area contributed by atoms with Crippen LogP contribution in [-0.4, -0.2) is 31.1 Å². The molecular formula is C15H15NO3. The number of benzene rings is 1. The van der Waals surface area contributed by atoms with Crippen LogP contribution in [0.5, 0.6) is 0 Å². The van der Waals surface area contributed by atoms with Gasteiger partial charge in [0.15, 0.2) is 6.29 Å². The number of ether oxygens (including phenoxy) is 1. The van der Waals surface area contributed by atoms with Crippen LogP contribution >= 0.6 is 0 Å². The van der Waals surface area contributed by atoms with Crippen LogP contribution in [0.2, 0.25) is 0 Å². The molecule has 0 unspecified atom stereocenters. The highest BCUT2D eigenvalue weighted by Gasteiger charge is 2.21. The van der Waals surface area contributed by atoms with Crippen LogP contribution in [0.15, 0.2) is 34.8 Å². The van der Waals surface area contributed by atoms with Gasteiger partial charge in [0.1, 0.15) is 6.61 Å². The molecule has 0 aromatic heterocycles. The van der Waals surface area contributed by atoms with Gasteiger partial charge in [0.2, 0.25) is 0 Å². The van der Waals surface area contributed by atoms with Crippen LogP contribution < -0.4 is 0 Å². The van der Waals surface area contributed by atoms with Gasteiger partial charge < -0.3 is 4.74 Å². The predicted octanol–water partition coefficient (Wildman–Crippen LogP) is 2.29. The first-order chi connectivity index (χ1) is 9.13. The van der Waals surface area contributed by atoms with Gasteiger partial charge in [-0.05, 0) is 18.1 Å². The molecule has 1 aromatic rings. The largest absolute Gasteiger partial charge is 0.459 e. The van der Waals surface area contributed by atoms with Crippen LogP contribution in [0, 0.1) is 0 Å². The lowest BCUT2D eigenvalue weighted by molar-refractivity contribution is -0.139. The molecule has 98 valence electrons. The van der Waals surface area contributed by atoms with Crippen LogP contribution in [0.1, 0.15) is 29.8 Å². The molecule has 1 heterocycles. The Balaban J connectivity index is 2.36. The van der Waals surface area contributed by atoms with Crippen molar-refractivity contribution in [2.24, 2.45) is 4.99 Å². The Labute approximate surface area is 111 Å². The van der Waals surface area contributed by atoms with E-state index >= 15 is 0 Å². The molecule has 0 spiro atoms. The maximum atomic E-state index is 11.1. The minimum absolute atomic E-state index is 0.148. The summed E-state index contributed by atoms with van der Waals surface area (Å²) in [5, 5.41) is 0. The maximum Gasteiger partial charge on any atom is 0.303 e. The SMILES string of the molecule is CC(=O)OCC1=NCC(C)=C1c1ccccc1C=O. The monoisotopic (exact) mass is 257 g/mol. The Morgan fingerprint density at radius 1 is 1.42 bits per heavy atom. The van der Waals surface area contributed by atoms with Crippen molar-refractivity contribution in [3.63, 3.8) is 0 Å². The number of aliphatic imine (C=N–C) groups is 1. The lowest BCUT2D eigenvalue weighted by Crippen LogP contribution is -2.13. The highest BCUT2D eigenvalue weighted by molar-refractivity contribution is 6.28. The fourth-order valence-corrected chi connectivity index (χ4v) is 2.12. The molecule has 0 saturated carbocycles. The number of carbonyl (C=O) groups excluding carboxylic acids is 2. The van der Waals surface area contributed by atoms with Crippen molar-refractivity contribution in [2.75, 3.05) is 13.2 Å². The Morgan fingerprint density at radius 2 is 2.16 bits per heavy atom. The van der Waals surface area contributed by atoms with E-state index in [2.05, 4.69) is 4.99 Å². The number of rotatable bonds is 4. The van der Waals surface area contributed by atoms with Gasteiger partial charge in [0.05, 0.1) is 12.3 Å². The summed E-state index contributed by atoms with van der Waals surface area (Å²) >= 11 is 0. The molecule has 0 amide bonds. The summed E-state index contributed by atoms with van der Waals surface area (Å²) in [6, 6.07) is 7.35. The first kappa shape index (κ1) is 13.2. The van der Waals surface area contributed by atoms with Crippen LogP contribution in [-0.2, 0) is 9.53 Å². The smallest absolute Gasteiger partial charge is 0.303 e. The molecule has 0 fully saturated rings. The topological polar surface area (TPSA) is 55.7 Å². The van der Waals surface area contributed by atoms with Crippen molar-refractivity contribution in [1.82, 2.24) is 0 Å². The van der Waals surface area contributed by atoms with E-state index in [0.717, 1.165) is 28.7 Å². The summed E-state index contributed by atoms with van der Waals surface area (Å²) in [6.07, 6.45) is 0.831. The first-order valence-electron chi connectivity index (χ1n) is 6.05. The summed E-state index contributed by atoms with van der Waals surface area (Å²) in [6.45, 7) is 4.07. The van der Waals surface area contributed by atoms with Crippen LogP contribution in [0.25, 0.3) is 5.57 Å². The Hall–Kier alpha value is -2.23. The first-order valence-corrected chi connectivity index (χ1v) is 6.05. The summed E-state index contributed by atoms with van der Waals surface area (Å²) in [7, 11) is 0. The fraction of sp³-hybridized carbons (Fsp3) is 0.267. The third kappa shape index (κ3) is 2.78. The van der Waals surface area contributed by atoms with E-state index in [-0.39, 0.29) is 12.6 Å². The molecule has 1 aliphatic rings. The molecular weight excluding hydrogens is 242 g/mol. The molecule has 0 bridgehead atoms. The van der Waals surface area contributed by atoms with E-state index in [1.54, 1.807) is 6.07 Å². The van der Waals surface area contributed by atoms with Gasteiger partial charge in [0.25, 0.3) is 0 Å². The normalized spacial score (nSPS) is 14.3. The van der Waals surface area contributed by atoms with Crippen LogP contribution in [0.4, 0.5) is 0 Å². The molecule has 0 aliphatic carbocycles. The van der Waals surface area contributed by atoms with E-state index < -0.39 is 0 Å². The van der Waals surface area contributed by atoms with Gasteiger partial charge in [-0.15, -0.1) is 0 Å². The quantitative estimate of drug-likeness (QED) is 0.614. The second-order valence-electron chi connectivity index (χ2n) is 4.40. The van der Waals surface area contributed by atoms with Crippen molar-refractivity contribution in [1.29, 1.82) is 0 Å². The second-order valence-corrected chi connectivity index (χ2v) is 4.40. The lowest BCUT2D eigenvalue weighted by atomic mass is 9.94. The lowest BCUT2D eigenvalue weighted by Gasteiger charge is -2.11. The number of carbonyl (C=O) groups is 2. The average molecular weight is 257 g/mol. The number of nitrogens with zero attached hydrogens (tertiary/aromatic N) is 1. The summed E-state index contributed by atoms with van der Waals surface area (Å²) < 4.78 is 5.01. The van der Waals surface area contributed by atoms with Gasteiger partial charge in [-0.2, -0.15) is 0 Å². The van der Waals surface area contributed by atoms with E-state index in [1.807, 2.05) is 25.1 Å². The van der Waals surface area contributed by atoms with Crippen molar-refractivity contribution < 1.29 is 14.3 Å². The van der Waals surface area contributed by atoms with Crippen molar-refractivity contribution >= 4 is 23.5 Å². The number of hydrogen-bond donors (Lipinski definition) is 0. The zero-order valence-electron chi connectivity index (χ0n) is 11.0. The minimum Gasteiger partial charge on any atom is -0.459 e. The fourth-order valence-electron chi connectivity index (χ4n) is 2.12. The minimum atomic E-state index is -0.338. The Bertz CT molecular complexity index is 585. The molecule has 4 heteroatoms. The van der Waals surface area contributed by atoms with Crippen molar-refractivity contribution in [3.05, 3.63) is 41.0 Å². The maximum absolute atomic E-state index is 11.1. The van der Waals surface area contributed by atoms with E-state index in [9.17, 15) is 9.59 Å². The van der Waals surface area contributed by atoms with Gasteiger partial charge in [-0.3, -0.25) is 14.6 Å². The third-order valence-corrected chi connectivity index (χ3v) is 2.99. The molecule has 0 atom stereocenters. The Kier molecular flexibility index (Phi) is 3.90. The number of esters is 1. The molecule has 0 radical (unpaired) electrons. The standard InChI is InChI=1S/C15H15NO3/c1-10-7-16-14(9-19-11(2)18)15(10)13-6-4-3-5-12(13)8-17/h3-6,8H,7,9H2,1-2H3.